The molecule has 4 aromatic rings. The molecule has 2 aromatic carbocycles. The second-order valence-corrected chi connectivity index (χ2v) is 9.16. The molecule has 1 aliphatic rings. The van der Waals surface area contributed by atoms with Crippen LogP contribution in [-0.4, -0.2) is 40.5 Å². The van der Waals surface area contributed by atoms with E-state index in [1.165, 1.54) is 64.2 Å². The lowest BCUT2D eigenvalue weighted by molar-refractivity contribution is -0.286. The van der Waals surface area contributed by atoms with Crippen LogP contribution in [0.15, 0.2) is 76.7 Å². The highest BCUT2D eigenvalue weighted by Gasteiger charge is 2.45. The van der Waals surface area contributed by atoms with Gasteiger partial charge in [0, 0.05) is 18.5 Å². The Morgan fingerprint density at radius 1 is 1.03 bits per heavy atom. The van der Waals surface area contributed by atoms with Crippen LogP contribution in [0.1, 0.15) is 0 Å². The summed E-state index contributed by atoms with van der Waals surface area (Å²) in [6.07, 6.45) is 0.0354. The molecule has 5 rings (SSSR count). The van der Waals surface area contributed by atoms with Crippen molar-refractivity contribution in [3.63, 3.8) is 0 Å². The Bertz CT molecular complexity index is 1560. The van der Waals surface area contributed by atoms with Crippen LogP contribution >= 0.6 is 0 Å². The molecule has 9 nitrogen and oxygen atoms in total. The van der Waals surface area contributed by atoms with Crippen molar-refractivity contribution in [1.82, 2.24) is 19.6 Å². The van der Waals surface area contributed by atoms with Crippen molar-refractivity contribution in [2.45, 2.75) is 11.2 Å². The second kappa shape index (κ2) is 7.24. The first-order chi connectivity index (χ1) is 15.6. The first kappa shape index (κ1) is 20.8. The topological polar surface area (TPSA) is 105 Å². The number of hydrogen-bond acceptors (Lipinski definition) is 7. The monoisotopic (exact) mass is 472 g/mol. The van der Waals surface area contributed by atoms with E-state index in [1.807, 2.05) is 0 Å². The molecule has 12 heteroatoms. The molecule has 0 amide bonds. The van der Waals surface area contributed by atoms with Crippen molar-refractivity contribution in [2.24, 2.45) is 0 Å². The van der Waals surface area contributed by atoms with Gasteiger partial charge in [-0.3, -0.25) is 4.79 Å². The predicted molar refractivity (Wildman–Crippen MR) is 112 cm³/mol. The van der Waals surface area contributed by atoms with Gasteiger partial charge in [0.1, 0.15) is 5.69 Å². The van der Waals surface area contributed by atoms with Crippen LogP contribution in [0.3, 0.4) is 0 Å². The van der Waals surface area contributed by atoms with E-state index >= 15 is 0 Å². The van der Waals surface area contributed by atoms with E-state index in [0.29, 0.717) is 5.69 Å². The van der Waals surface area contributed by atoms with E-state index in [0.717, 1.165) is 6.26 Å². The van der Waals surface area contributed by atoms with Crippen molar-refractivity contribution >= 4 is 9.84 Å². The fraction of sp³-hybridized carbons (Fsp3) is 0.0952. The van der Waals surface area contributed by atoms with Gasteiger partial charge in [0.15, 0.2) is 27.0 Å². The molecule has 0 saturated heterocycles. The van der Waals surface area contributed by atoms with Crippen LogP contribution in [0.2, 0.25) is 0 Å². The number of rotatable bonds is 4. The van der Waals surface area contributed by atoms with Gasteiger partial charge in [-0.25, -0.2) is 17.8 Å². The van der Waals surface area contributed by atoms with Gasteiger partial charge in [-0.15, -0.1) is 8.78 Å². The van der Waals surface area contributed by atoms with Gasteiger partial charge < -0.3 is 9.47 Å². The zero-order chi connectivity index (χ0) is 23.4. The number of alkyl halides is 2. The van der Waals surface area contributed by atoms with Crippen LogP contribution in [0.25, 0.3) is 22.8 Å². The summed E-state index contributed by atoms with van der Waals surface area (Å²) in [6.45, 7) is 0. The van der Waals surface area contributed by atoms with E-state index < -0.39 is 21.6 Å². The number of ether oxygens (including phenoxy) is 2. The smallest absolute Gasteiger partial charge is 0.395 e. The molecule has 0 bridgehead atoms. The number of para-hydroxylation sites is 1. The highest BCUT2D eigenvalue weighted by Crippen LogP contribution is 2.45. The van der Waals surface area contributed by atoms with Gasteiger partial charge in [-0.05, 0) is 36.4 Å². The Kier molecular flexibility index (Phi) is 4.57. The zero-order valence-corrected chi connectivity index (χ0v) is 17.7. The van der Waals surface area contributed by atoms with E-state index in [1.54, 1.807) is 12.1 Å². The maximum atomic E-state index is 13.6. The Morgan fingerprint density at radius 2 is 1.82 bits per heavy atom. The van der Waals surface area contributed by atoms with E-state index in [9.17, 15) is 22.0 Å². The van der Waals surface area contributed by atoms with Crippen molar-refractivity contribution in [3.8, 4) is 34.3 Å². The summed E-state index contributed by atoms with van der Waals surface area (Å²) in [4.78, 5) is 12.7. The average Bonchev–Trinajstić information content (AvgIpc) is 3.36. The maximum absolute atomic E-state index is 13.6. The Labute approximate surface area is 185 Å². The number of hydrogen-bond donors (Lipinski definition) is 0. The van der Waals surface area contributed by atoms with Crippen molar-refractivity contribution in [2.75, 3.05) is 6.26 Å². The van der Waals surface area contributed by atoms with Crippen LogP contribution in [-0.2, 0) is 9.84 Å². The minimum Gasteiger partial charge on any atom is -0.395 e. The molecule has 0 atom stereocenters. The van der Waals surface area contributed by atoms with Crippen LogP contribution < -0.4 is 14.9 Å². The zero-order valence-electron chi connectivity index (χ0n) is 16.8. The lowest BCUT2D eigenvalue weighted by Crippen LogP contribution is -2.26. The summed E-state index contributed by atoms with van der Waals surface area (Å²) in [7, 11) is -3.46. The van der Waals surface area contributed by atoms with E-state index in [4.69, 9.17) is 0 Å². The van der Waals surface area contributed by atoms with E-state index in [2.05, 4.69) is 19.7 Å². The third-order valence-electron chi connectivity index (χ3n) is 4.84. The van der Waals surface area contributed by atoms with Gasteiger partial charge in [-0.1, -0.05) is 12.1 Å². The number of aromatic nitrogens is 4. The minimum atomic E-state index is -3.83. The largest absolute Gasteiger partial charge is 0.586 e. The number of benzene rings is 2. The molecule has 0 unspecified atom stereocenters. The summed E-state index contributed by atoms with van der Waals surface area (Å²) in [5.41, 5.74) is 0.244. The molecule has 0 fully saturated rings. The SMILES string of the molecule is CS(=O)(=O)c1cccc(-n2ccc(=O)c(-c3ccnn3-c3cccc4c3OC(F)(F)O4)n2)c1. The van der Waals surface area contributed by atoms with Gasteiger partial charge in [0.25, 0.3) is 0 Å². The molecule has 0 saturated carbocycles. The fourth-order valence-electron chi connectivity index (χ4n) is 3.38. The number of sulfone groups is 1. The summed E-state index contributed by atoms with van der Waals surface area (Å²) in [5, 5.41) is 8.49. The van der Waals surface area contributed by atoms with Crippen molar-refractivity contribution < 1.29 is 26.7 Å². The third-order valence-corrected chi connectivity index (χ3v) is 5.95. The van der Waals surface area contributed by atoms with Crippen LogP contribution in [0.4, 0.5) is 8.78 Å². The van der Waals surface area contributed by atoms with Crippen LogP contribution in [0.5, 0.6) is 11.5 Å². The molecule has 0 spiro atoms. The highest BCUT2D eigenvalue weighted by atomic mass is 32.2. The fourth-order valence-corrected chi connectivity index (χ4v) is 4.04. The molecule has 3 heterocycles. The molecule has 1 aliphatic heterocycles. The second-order valence-electron chi connectivity index (χ2n) is 7.14. The van der Waals surface area contributed by atoms with Gasteiger partial charge in [0.05, 0.1) is 22.5 Å². The van der Waals surface area contributed by atoms with Crippen molar-refractivity contribution in [3.05, 3.63) is 77.2 Å². The maximum Gasteiger partial charge on any atom is 0.586 e. The van der Waals surface area contributed by atoms with Crippen molar-refractivity contribution in [1.29, 1.82) is 0 Å². The minimum absolute atomic E-state index is 0.0389. The molecule has 0 radical (unpaired) electrons. The number of fused-ring (bicyclic) bond motifs is 1. The standard InChI is InChI=1S/C21H14F2N4O5S/c1-33(29,30)14-5-2-4-13(12-14)26-11-9-17(28)19(25-26)15-8-10-24-27(15)16-6-3-7-18-20(16)32-21(22,23)31-18/h2-12H,1H3. The van der Waals surface area contributed by atoms with Gasteiger partial charge >= 0.3 is 6.29 Å². The predicted octanol–water partition coefficient (Wildman–Crippen LogP) is 2.81. The third kappa shape index (κ3) is 3.74. The Morgan fingerprint density at radius 3 is 2.61 bits per heavy atom. The number of halogens is 2. The lowest BCUT2D eigenvalue weighted by Gasteiger charge is -2.12. The normalized spacial score (nSPS) is 14.4. The molecule has 33 heavy (non-hydrogen) atoms. The molecular weight excluding hydrogens is 458 g/mol. The molecule has 2 aromatic heterocycles. The summed E-state index contributed by atoms with van der Waals surface area (Å²) >= 11 is 0. The van der Waals surface area contributed by atoms with Gasteiger partial charge in [0.2, 0.25) is 5.43 Å². The molecule has 0 N–H and O–H groups in total. The van der Waals surface area contributed by atoms with E-state index in [-0.39, 0.29) is 33.5 Å². The molecule has 168 valence electrons. The first-order valence-corrected chi connectivity index (χ1v) is 11.4. The highest BCUT2D eigenvalue weighted by molar-refractivity contribution is 7.90. The first-order valence-electron chi connectivity index (χ1n) is 9.46. The summed E-state index contributed by atoms with van der Waals surface area (Å²) < 4.78 is 62.7. The molecular formula is C21H14F2N4O5S. The lowest BCUT2D eigenvalue weighted by atomic mass is 10.2. The van der Waals surface area contributed by atoms with Gasteiger partial charge in [-0.2, -0.15) is 10.2 Å². The number of nitrogens with zero attached hydrogens (tertiary/aromatic N) is 4. The Hall–Kier alpha value is -4.06. The Balaban J connectivity index is 1.63. The molecule has 0 aliphatic carbocycles. The summed E-state index contributed by atoms with van der Waals surface area (Å²) in [6, 6.07) is 13.1. The van der Waals surface area contributed by atoms with Crippen LogP contribution in [0, 0.1) is 0 Å². The average molecular weight is 472 g/mol. The quantitative estimate of drug-likeness (QED) is 0.450. The summed E-state index contributed by atoms with van der Waals surface area (Å²) in [5.74, 6) is -0.403.